The third kappa shape index (κ3) is 4.06. The quantitative estimate of drug-likeness (QED) is 0.863. The second kappa shape index (κ2) is 8.38. The number of hydrogen-bond acceptors (Lipinski definition) is 4. The normalized spacial score (nSPS) is 22.6. The predicted molar refractivity (Wildman–Crippen MR) is 112 cm³/mol. The molecular weight excluding hydrogens is 367 g/mol. The average Bonchev–Trinajstić information content (AvgIpc) is 3.24. The Labute approximate surface area is 170 Å². The third-order valence-electron chi connectivity index (χ3n) is 6.49. The zero-order valence-electron chi connectivity index (χ0n) is 16.8. The molecule has 0 radical (unpaired) electrons. The summed E-state index contributed by atoms with van der Waals surface area (Å²) < 4.78 is 14.3. The zero-order valence-corrected chi connectivity index (χ0v) is 16.8. The highest BCUT2D eigenvalue weighted by Gasteiger charge is 2.32. The number of benzene rings is 1. The standard InChI is InChI=1S/C23H27FN4O/c1-2-17-5-7-21(26-23(17)29)18-4-6-19(14-18)27-9-11-28(12-10-27)22-8-3-16(15-25)13-20(22)24/h3,5,7-8,13,18-19H,2,4,6,9-12,14H2,1H3,(H,26,29)/t18-,19+/m1/s1. The number of hydrogen-bond donors (Lipinski definition) is 1. The summed E-state index contributed by atoms with van der Waals surface area (Å²) in [5, 5.41) is 8.91. The highest BCUT2D eigenvalue weighted by Crippen LogP contribution is 2.36. The van der Waals surface area contributed by atoms with Crippen molar-refractivity contribution in [1.29, 1.82) is 5.26 Å². The second-order valence-corrected chi connectivity index (χ2v) is 8.09. The molecule has 0 amide bonds. The van der Waals surface area contributed by atoms with Gasteiger partial charge in [0.05, 0.1) is 17.3 Å². The van der Waals surface area contributed by atoms with E-state index < -0.39 is 0 Å². The predicted octanol–water partition coefficient (Wildman–Crippen LogP) is 3.41. The molecular formula is C23H27FN4O. The molecule has 2 aliphatic rings. The van der Waals surface area contributed by atoms with Crippen LogP contribution in [0.3, 0.4) is 0 Å². The van der Waals surface area contributed by atoms with Gasteiger partial charge in [0.25, 0.3) is 5.56 Å². The van der Waals surface area contributed by atoms with Gasteiger partial charge < -0.3 is 9.88 Å². The molecule has 1 saturated carbocycles. The lowest BCUT2D eigenvalue weighted by Gasteiger charge is -2.39. The first kappa shape index (κ1) is 19.7. The number of piperazine rings is 1. The number of aromatic nitrogens is 1. The van der Waals surface area contributed by atoms with Gasteiger partial charge in [0.15, 0.2) is 0 Å². The van der Waals surface area contributed by atoms with Gasteiger partial charge in [-0.15, -0.1) is 0 Å². The topological polar surface area (TPSA) is 63.1 Å². The maximum Gasteiger partial charge on any atom is 0.251 e. The molecule has 1 aliphatic heterocycles. The van der Waals surface area contributed by atoms with Crippen LogP contribution in [-0.2, 0) is 6.42 Å². The lowest BCUT2D eigenvalue weighted by atomic mass is 10.0. The molecule has 6 heteroatoms. The van der Waals surface area contributed by atoms with E-state index in [4.69, 9.17) is 5.26 Å². The number of halogens is 1. The molecule has 1 N–H and O–H groups in total. The Morgan fingerprint density at radius 2 is 1.97 bits per heavy atom. The van der Waals surface area contributed by atoms with Crippen LogP contribution >= 0.6 is 0 Å². The molecule has 29 heavy (non-hydrogen) atoms. The van der Waals surface area contributed by atoms with Gasteiger partial charge in [-0.3, -0.25) is 9.69 Å². The number of H-pyrrole nitrogens is 1. The van der Waals surface area contributed by atoms with Gasteiger partial charge in [-0.1, -0.05) is 13.0 Å². The lowest BCUT2D eigenvalue weighted by Crippen LogP contribution is -2.50. The summed E-state index contributed by atoms with van der Waals surface area (Å²) in [7, 11) is 0. The van der Waals surface area contributed by atoms with Crippen LogP contribution < -0.4 is 10.5 Å². The maximum atomic E-state index is 14.3. The van der Waals surface area contributed by atoms with Gasteiger partial charge in [-0.25, -0.2) is 4.39 Å². The fraction of sp³-hybridized carbons (Fsp3) is 0.478. The van der Waals surface area contributed by atoms with E-state index in [0.717, 1.165) is 63.1 Å². The Morgan fingerprint density at radius 1 is 1.17 bits per heavy atom. The minimum Gasteiger partial charge on any atom is -0.367 e. The van der Waals surface area contributed by atoms with Crippen molar-refractivity contribution in [2.45, 2.75) is 44.6 Å². The molecule has 1 saturated heterocycles. The Morgan fingerprint density at radius 3 is 2.62 bits per heavy atom. The number of pyridine rings is 1. The van der Waals surface area contributed by atoms with Crippen LogP contribution in [0.4, 0.5) is 10.1 Å². The van der Waals surface area contributed by atoms with E-state index in [0.29, 0.717) is 23.2 Å². The van der Waals surface area contributed by atoms with Crippen molar-refractivity contribution in [3.8, 4) is 6.07 Å². The molecule has 1 aromatic heterocycles. The number of anilines is 1. The van der Waals surface area contributed by atoms with E-state index >= 15 is 0 Å². The van der Waals surface area contributed by atoms with Crippen molar-refractivity contribution in [3.63, 3.8) is 0 Å². The summed E-state index contributed by atoms with van der Waals surface area (Å²) in [6, 6.07) is 11.2. The van der Waals surface area contributed by atoms with Gasteiger partial charge in [0, 0.05) is 49.4 Å². The number of aromatic amines is 1. The van der Waals surface area contributed by atoms with Gasteiger partial charge in [0.1, 0.15) is 5.82 Å². The molecule has 0 unspecified atom stereocenters. The first-order valence-corrected chi connectivity index (χ1v) is 10.5. The highest BCUT2D eigenvalue weighted by molar-refractivity contribution is 5.51. The molecule has 2 fully saturated rings. The minimum absolute atomic E-state index is 0.0477. The van der Waals surface area contributed by atoms with E-state index in [-0.39, 0.29) is 11.4 Å². The molecule has 0 spiro atoms. The number of nitrogens with one attached hydrogen (secondary N) is 1. The van der Waals surface area contributed by atoms with E-state index in [1.54, 1.807) is 12.1 Å². The van der Waals surface area contributed by atoms with Crippen LogP contribution in [0.2, 0.25) is 0 Å². The monoisotopic (exact) mass is 394 g/mol. The SMILES string of the molecule is CCc1ccc([C@@H]2CC[C@H](N3CCN(c4ccc(C#N)cc4F)CC3)C2)[nH]c1=O. The summed E-state index contributed by atoms with van der Waals surface area (Å²) in [5.41, 5.74) is 2.89. The lowest BCUT2D eigenvalue weighted by molar-refractivity contribution is 0.186. The van der Waals surface area contributed by atoms with Gasteiger partial charge in [0.2, 0.25) is 0 Å². The van der Waals surface area contributed by atoms with Crippen LogP contribution in [-0.4, -0.2) is 42.1 Å². The molecule has 2 heterocycles. The Balaban J connectivity index is 1.36. The Hall–Kier alpha value is -2.65. The zero-order chi connectivity index (χ0) is 20.4. The van der Waals surface area contributed by atoms with Gasteiger partial charge >= 0.3 is 0 Å². The number of nitrogens with zero attached hydrogens (tertiary/aromatic N) is 3. The molecule has 152 valence electrons. The first-order chi connectivity index (χ1) is 14.1. The summed E-state index contributed by atoms with van der Waals surface area (Å²) in [6.45, 7) is 5.38. The van der Waals surface area contributed by atoms with Crippen molar-refractivity contribution in [1.82, 2.24) is 9.88 Å². The van der Waals surface area contributed by atoms with Crippen LogP contribution in [0.1, 0.15) is 48.9 Å². The van der Waals surface area contributed by atoms with Crippen LogP contribution in [0, 0.1) is 17.1 Å². The number of aryl methyl sites for hydroxylation is 1. The van der Waals surface area contributed by atoms with E-state index in [2.05, 4.69) is 20.9 Å². The van der Waals surface area contributed by atoms with E-state index in [9.17, 15) is 9.18 Å². The fourth-order valence-corrected chi connectivity index (χ4v) is 4.77. The van der Waals surface area contributed by atoms with Gasteiger partial charge in [-0.05, 0) is 49.9 Å². The molecule has 2 aromatic rings. The summed E-state index contributed by atoms with van der Waals surface area (Å²) in [4.78, 5) is 19.8. The van der Waals surface area contributed by atoms with E-state index in [1.165, 1.54) is 6.07 Å². The minimum atomic E-state index is -0.321. The molecule has 0 bridgehead atoms. The highest BCUT2D eigenvalue weighted by atomic mass is 19.1. The first-order valence-electron chi connectivity index (χ1n) is 10.5. The molecule has 2 atom stereocenters. The van der Waals surface area contributed by atoms with Crippen molar-refractivity contribution >= 4 is 5.69 Å². The number of nitriles is 1. The van der Waals surface area contributed by atoms with Crippen molar-refractivity contribution in [2.75, 3.05) is 31.1 Å². The van der Waals surface area contributed by atoms with Crippen LogP contribution in [0.5, 0.6) is 0 Å². The summed E-state index contributed by atoms with van der Waals surface area (Å²) in [6.07, 6.45) is 4.05. The Bertz CT molecular complexity index is 972. The average molecular weight is 394 g/mol. The Kier molecular flexibility index (Phi) is 5.68. The van der Waals surface area contributed by atoms with Crippen molar-refractivity contribution in [2.24, 2.45) is 0 Å². The molecule has 1 aromatic carbocycles. The second-order valence-electron chi connectivity index (χ2n) is 8.09. The fourth-order valence-electron chi connectivity index (χ4n) is 4.77. The largest absolute Gasteiger partial charge is 0.367 e. The molecule has 4 rings (SSSR count). The third-order valence-corrected chi connectivity index (χ3v) is 6.49. The summed E-state index contributed by atoms with van der Waals surface area (Å²) >= 11 is 0. The van der Waals surface area contributed by atoms with Crippen molar-refractivity contribution in [3.05, 3.63) is 63.3 Å². The van der Waals surface area contributed by atoms with Gasteiger partial charge in [-0.2, -0.15) is 5.26 Å². The van der Waals surface area contributed by atoms with Crippen molar-refractivity contribution < 1.29 is 4.39 Å². The molecule has 1 aliphatic carbocycles. The smallest absolute Gasteiger partial charge is 0.251 e. The van der Waals surface area contributed by atoms with Crippen LogP contribution in [0.25, 0.3) is 0 Å². The molecule has 5 nitrogen and oxygen atoms in total. The number of rotatable bonds is 4. The van der Waals surface area contributed by atoms with E-state index in [1.807, 2.05) is 19.1 Å². The van der Waals surface area contributed by atoms with Crippen LogP contribution in [0.15, 0.2) is 35.1 Å². The maximum absolute atomic E-state index is 14.3. The summed E-state index contributed by atoms with van der Waals surface area (Å²) in [5.74, 6) is 0.0884.